The fraction of sp³-hybridized carbons (Fsp3) is 0.143. The molecule has 2 aromatic rings. The summed E-state index contributed by atoms with van der Waals surface area (Å²) in [4.78, 5) is 0. The summed E-state index contributed by atoms with van der Waals surface area (Å²) in [6.45, 7) is 0.0618. The van der Waals surface area contributed by atoms with Crippen molar-refractivity contribution < 1.29 is 13.5 Å². The van der Waals surface area contributed by atoms with Gasteiger partial charge in [0.05, 0.1) is 0 Å². The Balaban J connectivity index is 2.02. The molecular weight excluding hydrogens is 258 g/mol. The third-order valence-corrected chi connectivity index (χ3v) is 2.80. The minimum absolute atomic E-state index is 0.0618. The quantitative estimate of drug-likeness (QED) is 0.752. The van der Waals surface area contributed by atoms with Crippen LogP contribution in [-0.4, -0.2) is 0 Å². The lowest BCUT2D eigenvalue weighted by Gasteiger charge is -2.07. The molecule has 2 rings (SSSR count). The van der Waals surface area contributed by atoms with E-state index in [0.717, 1.165) is 11.6 Å². The third kappa shape index (κ3) is 3.20. The lowest BCUT2D eigenvalue weighted by molar-refractivity contribution is 0.299. The summed E-state index contributed by atoms with van der Waals surface area (Å²) in [5.74, 6) is -0.143. The Morgan fingerprint density at radius 3 is 2.33 bits per heavy atom. The van der Waals surface area contributed by atoms with Gasteiger partial charge in [0.15, 0.2) is 0 Å². The van der Waals surface area contributed by atoms with E-state index in [1.54, 1.807) is 12.1 Å². The van der Waals surface area contributed by atoms with E-state index in [4.69, 9.17) is 16.3 Å². The van der Waals surface area contributed by atoms with Gasteiger partial charge in [-0.1, -0.05) is 12.1 Å². The average Bonchev–Trinajstić information content (AvgIpc) is 2.38. The lowest BCUT2D eigenvalue weighted by atomic mass is 10.2. The summed E-state index contributed by atoms with van der Waals surface area (Å²) < 4.78 is 31.4. The van der Waals surface area contributed by atoms with Gasteiger partial charge in [-0.3, -0.25) is 0 Å². The Labute approximate surface area is 109 Å². The molecule has 0 saturated heterocycles. The molecule has 0 aliphatic heterocycles. The largest absolute Gasteiger partial charge is 0.489 e. The van der Waals surface area contributed by atoms with E-state index in [1.807, 2.05) is 12.1 Å². The Kier molecular flexibility index (Phi) is 4.15. The van der Waals surface area contributed by atoms with Crippen molar-refractivity contribution in [2.24, 2.45) is 0 Å². The Hall–Kier alpha value is -1.61. The Morgan fingerprint density at radius 2 is 1.72 bits per heavy atom. The standard InChI is InChI=1S/C14H11ClF2O/c15-8-10-1-5-13(6-2-10)18-9-11-3-4-12(16)7-14(11)17/h1-7H,8-9H2. The second kappa shape index (κ2) is 5.83. The van der Waals surface area contributed by atoms with Crippen molar-refractivity contribution in [3.05, 3.63) is 65.2 Å². The molecule has 0 bridgehead atoms. The van der Waals surface area contributed by atoms with Crippen molar-refractivity contribution in [3.8, 4) is 5.75 Å². The first-order valence-corrected chi connectivity index (χ1v) is 5.94. The van der Waals surface area contributed by atoms with Crippen LogP contribution >= 0.6 is 11.6 Å². The SMILES string of the molecule is Fc1ccc(COc2ccc(CCl)cc2)c(F)c1. The van der Waals surface area contributed by atoms with Gasteiger partial charge in [0.2, 0.25) is 0 Å². The van der Waals surface area contributed by atoms with Crippen LogP contribution in [0.5, 0.6) is 5.75 Å². The predicted octanol–water partition coefficient (Wildman–Crippen LogP) is 4.28. The number of ether oxygens (including phenoxy) is 1. The van der Waals surface area contributed by atoms with Crippen LogP contribution in [0, 0.1) is 11.6 Å². The zero-order chi connectivity index (χ0) is 13.0. The molecule has 0 aliphatic carbocycles. The first-order chi connectivity index (χ1) is 8.69. The van der Waals surface area contributed by atoms with E-state index < -0.39 is 11.6 Å². The molecule has 0 radical (unpaired) electrons. The maximum absolute atomic E-state index is 13.3. The average molecular weight is 269 g/mol. The molecule has 0 amide bonds. The van der Waals surface area contributed by atoms with Crippen molar-refractivity contribution in [2.45, 2.75) is 12.5 Å². The van der Waals surface area contributed by atoms with Crippen molar-refractivity contribution in [1.29, 1.82) is 0 Å². The van der Waals surface area contributed by atoms with Crippen LogP contribution in [0.1, 0.15) is 11.1 Å². The highest BCUT2D eigenvalue weighted by Gasteiger charge is 2.04. The van der Waals surface area contributed by atoms with E-state index >= 15 is 0 Å². The highest BCUT2D eigenvalue weighted by atomic mass is 35.5. The summed E-state index contributed by atoms with van der Waals surface area (Å²) in [5, 5.41) is 0. The lowest BCUT2D eigenvalue weighted by Crippen LogP contribution is -1.99. The van der Waals surface area contributed by atoms with Crippen molar-refractivity contribution in [1.82, 2.24) is 0 Å². The van der Waals surface area contributed by atoms with Gasteiger partial charge in [-0.15, -0.1) is 11.6 Å². The minimum Gasteiger partial charge on any atom is -0.489 e. The van der Waals surface area contributed by atoms with E-state index in [1.165, 1.54) is 12.1 Å². The number of halogens is 3. The minimum atomic E-state index is -0.604. The molecule has 0 aromatic heterocycles. The summed E-state index contributed by atoms with van der Waals surface area (Å²) in [6, 6.07) is 10.6. The van der Waals surface area contributed by atoms with Crippen LogP contribution in [0.3, 0.4) is 0 Å². The molecule has 0 spiro atoms. The number of rotatable bonds is 4. The van der Waals surface area contributed by atoms with Gasteiger partial charge < -0.3 is 4.74 Å². The van der Waals surface area contributed by atoms with Crippen LogP contribution in [0.2, 0.25) is 0 Å². The summed E-state index contributed by atoms with van der Waals surface area (Å²) in [6.07, 6.45) is 0. The molecule has 4 heteroatoms. The molecule has 94 valence electrons. The normalized spacial score (nSPS) is 10.4. The molecule has 0 atom stereocenters. The zero-order valence-corrected chi connectivity index (χ0v) is 10.3. The first kappa shape index (κ1) is 12.8. The fourth-order valence-electron chi connectivity index (χ4n) is 1.47. The van der Waals surface area contributed by atoms with Gasteiger partial charge in [0, 0.05) is 17.5 Å². The molecule has 2 aromatic carbocycles. The number of hydrogen-bond donors (Lipinski definition) is 0. The molecule has 0 heterocycles. The second-order valence-corrected chi connectivity index (χ2v) is 4.07. The number of hydrogen-bond acceptors (Lipinski definition) is 1. The Morgan fingerprint density at radius 1 is 1.00 bits per heavy atom. The monoisotopic (exact) mass is 268 g/mol. The highest BCUT2D eigenvalue weighted by molar-refractivity contribution is 6.17. The van der Waals surface area contributed by atoms with Gasteiger partial charge in [0.25, 0.3) is 0 Å². The van der Waals surface area contributed by atoms with Crippen LogP contribution in [-0.2, 0) is 12.5 Å². The summed E-state index contributed by atoms with van der Waals surface area (Å²) in [7, 11) is 0. The third-order valence-electron chi connectivity index (χ3n) is 2.49. The number of alkyl halides is 1. The van der Waals surface area contributed by atoms with Gasteiger partial charge >= 0.3 is 0 Å². The zero-order valence-electron chi connectivity index (χ0n) is 9.50. The summed E-state index contributed by atoms with van der Waals surface area (Å²) in [5.41, 5.74) is 1.30. The smallest absolute Gasteiger partial charge is 0.132 e. The molecule has 1 nitrogen and oxygen atoms in total. The van der Waals surface area contributed by atoms with Crippen molar-refractivity contribution in [2.75, 3.05) is 0 Å². The van der Waals surface area contributed by atoms with E-state index in [2.05, 4.69) is 0 Å². The van der Waals surface area contributed by atoms with Crippen molar-refractivity contribution >= 4 is 11.6 Å². The van der Waals surface area contributed by atoms with Gasteiger partial charge in [-0.05, 0) is 29.8 Å². The topological polar surface area (TPSA) is 9.23 Å². The number of benzene rings is 2. The molecule has 0 fully saturated rings. The maximum atomic E-state index is 13.3. The van der Waals surface area contributed by atoms with E-state index in [0.29, 0.717) is 17.2 Å². The van der Waals surface area contributed by atoms with Gasteiger partial charge in [0.1, 0.15) is 24.0 Å². The van der Waals surface area contributed by atoms with Crippen LogP contribution in [0.4, 0.5) is 8.78 Å². The molecule has 18 heavy (non-hydrogen) atoms. The van der Waals surface area contributed by atoms with E-state index in [-0.39, 0.29) is 6.61 Å². The van der Waals surface area contributed by atoms with Gasteiger partial charge in [-0.2, -0.15) is 0 Å². The van der Waals surface area contributed by atoms with Crippen LogP contribution < -0.4 is 4.74 Å². The van der Waals surface area contributed by atoms with Gasteiger partial charge in [-0.25, -0.2) is 8.78 Å². The molecule has 0 aliphatic rings. The fourth-order valence-corrected chi connectivity index (χ4v) is 1.65. The second-order valence-electron chi connectivity index (χ2n) is 3.80. The summed E-state index contributed by atoms with van der Waals surface area (Å²) >= 11 is 5.66. The van der Waals surface area contributed by atoms with Crippen LogP contribution in [0.15, 0.2) is 42.5 Å². The Bertz CT molecular complexity index is 526. The first-order valence-electron chi connectivity index (χ1n) is 5.40. The molecular formula is C14H11ClF2O. The molecule has 0 unspecified atom stereocenters. The molecule has 0 N–H and O–H groups in total. The van der Waals surface area contributed by atoms with Crippen LogP contribution in [0.25, 0.3) is 0 Å². The van der Waals surface area contributed by atoms with E-state index in [9.17, 15) is 8.78 Å². The maximum Gasteiger partial charge on any atom is 0.132 e. The molecule has 0 saturated carbocycles. The van der Waals surface area contributed by atoms with Crippen molar-refractivity contribution in [3.63, 3.8) is 0 Å². The predicted molar refractivity (Wildman–Crippen MR) is 66.7 cm³/mol. The highest BCUT2D eigenvalue weighted by Crippen LogP contribution is 2.17.